The topological polar surface area (TPSA) is 84.9 Å². The second-order valence-corrected chi connectivity index (χ2v) is 8.02. The molecule has 0 spiro atoms. The van der Waals surface area contributed by atoms with Crippen molar-refractivity contribution in [3.8, 4) is 11.5 Å². The Kier molecular flexibility index (Phi) is 4.96. The third-order valence-electron chi connectivity index (χ3n) is 4.21. The molecule has 0 bridgehead atoms. The van der Waals surface area contributed by atoms with E-state index in [2.05, 4.69) is 5.32 Å². The molecule has 1 atom stereocenters. The molecule has 0 radical (unpaired) electrons. The molecule has 0 saturated carbocycles. The molecule has 24 heavy (non-hydrogen) atoms. The van der Waals surface area contributed by atoms with E-state index in [9.17, 15) is 13.2 Å². The zero-order chi connectivity index (χ0) is 17.2. The normalized spacial score (nSPS) is 21.3. The van der Waals surface area contributed by atoms with Crippen LogP contribution < -0.4 is 14.8 Å². The Morgan fingerprint density at radius 1 is 1.25 bits per heavy atom. The number of amides is 1. The quantitative estimate of drug-likeness (QED) is 0.868. The average Bonchev–Trinajstić information content (AvgIpc) is 2.93. The van der Waals surface area contributed by atoms with Gasteiger partial charge in [0, 0.05) is 19.5 Å². The molecule has 1 amide bonds. The first-order valence-corrected chi connectivity index (χ1v) is 9.93. The summed E-state index contributed by atoms with van der Waals surface area (Å²) in [6.45, 7) is 1.96. The summed E-state index contributed by atoms with van der Waals surface area (Å²) in [7, 11) is -3.36. The summed E-state index contributed by atoms with van der Waals surface area (Å²) in [6.07, 6.45) is 3.24. The maximum atomic E-state index is 12.3. The fraction of sp³-hybridized carbons (Fsp3) is 0.562. The largest absolute Gasteiger partial charge is 0.490 e. The molecule has 0 aromatic heterocycles. The highest BCUT2D eigenvalue weighted by molar-refractivity contribution is 7.88. The monoisotopic (exact) mass is 354 g/mol. The SMILES string of the molecule is CS(=O)(=O)N1CCC[C@H]1C(=O)NCc1ccc2c(c1)OCCCO2. The van der Waals surface area contributed by atoms with Crippen molar-refractivity contribution in [2.24, 2.45) is 0 Å². The van der Waals surface area contributed by atoms with Gasteiger partial charge in [-0.2, -0.15) is 4.31 Å². The van der Waals surface area contributed by atoms with E-state index >= 15 is 0 Å². The van der Waals surface area contributed by atoms with Gasteiger partial charge in [0.15, 0.2) is 11.5 Å². The van der Waals surface area contributed by atoms with Crippen LogP contribution in [-0.2, 0) is 21.4 Å². The van der Waals surface area contributed by atoms with E-state index in [1.807, 2.05) is 18.2 Å². The average molecular weight is 354 g/mol. The zero-order valence-corrected chi connectivity index (χ0v) is 14.5. The summed E-state index contributed by atoms with van der Waals surface area (Å²) in [6, 6.07) is 4.95. The molecule has 2 aliphatic heterocycles. The van der Waals surface area contributed by atoms with Crippen molar-refractivity contribution >= 4 is 15.9 Å². The lowest BCUT2D eigenvalue weighted by molar-refractivity contribution is -0.124. The van der Waals surface area contributed by atoms with Gasteiger partial charge in [0.05, 0.1) is 19.5 Å². The van der Waals surface area contributed by atoms with E-state index < -0.39 is 16.1 Å². The van der Waals surface area contributed by atoms with Gasteiger partial charge in [0.25, 0.3) is 0 Å². The molecule has 3 rings (SSSR count). The van der Waals surface area contributed by atoms with Crippen LogP contribution in [0.2, 0.25) is 0 Å². The van der Waals surface area contributed by atoms with E-state index in [-0.39, 0.29) is 5.91 Å². The number of sulfonamides is 1. The minimum atomic E-state index is -3.36. The van der Waals surface area contributed by atoms with Crippen molar-refractivity contribution in [2.75, 3.05) is 26.0 Å². The molecular formula is C16H22N2O5S. The highest BCUT2D eigenvalue weighted by Gasteiger charge is 2.36. The van der Waals surface area contributed by atoms with E-state index in [0.29, 0.717) is 50.6 Å². The zero-order valence-electron chi connectivity index (χ0n) is 13.7. The van der Waals surface area contributed by atoms with Gasteiger partial charge >= 0.3 is 0 Å². The molecule has 1 N–H and O–H groups in total. The summed E-state index contributed by atoms with van der Waals surface area (Å²) in [5.74, 6) is 1.13. The van der Waals surface area contributed by atoms with Crippen LogP contribution in [-0.4, -0.2) is 50.7 Å². The van der Waals surface area contributed by atoms with Crippen LogP contribution in [0.5, 0.6) is 11.5 Å². The first-order valence-electron chi connectivity index (χ1n) is 8.08. The second kappa shape index (κ2) is 6.98. The number of hydrogen-bond donors (Lipinski definition) is 1. The Labute approximate surface area is 142 Å². The Balaban J connectivity index is 1.63. The second-order valence-electron chi connectivity index (χ2n) is 6.08. The van der Waals surface area contributed by atoms with Crippen molar-refractivity contribution in [3.63, 3.8) is 0 Å². The molecule has 132 valence electrons. The number of rotatable bonds is 4. The number of ether oxygens (including phenoxy) is 2. The van der Waals surface area contributed by atoms with Gasteiger partial charge < -0.3 is 14.8 Å². The van der Waals surface area contributed by atoms with Crippen LogP contribution >= 0.6 is 0 Å². The predicted octanol–water partition coefficient (Wildman–Crippen LogP) is 0.888. The molecular weight excluding hydrogens is 332 g/mol. The third-order valence-corrected chi connectivity index (χ3v) is 5.50. The van der Waals surface area contributed by atoms with Gasteiger partial charge in [-0.25, -0.2) is 8.42 Å². The minimum absolute atomic E-state index is 0.259. The predicted molar refractivity (Wildman–Crippen MR) is 88.5 cm³/mol. The van der Waals surface area contributed by atoms with Crippen molar-refractivity contribution < 1.29 is 22.7 Å². The molecule has 7 nitrogen and oxygen atoms in total. The first-order chi connectivity index (χ1) is 11.4. The molecule has 2 aliphatic rings. The minimum Gasteiger partial charge on any atom is -0.490 e. The third kappa shape index (κ3) is 3.81. The van der Waals surface area contributed by atoms with Crippen LogP contribution in [0.4, 0.5) is 0 Å². The van der Waals surface area contributed by atoms with Crippen LogP contribution in [0.25, 0.3) is 0 Å². The fourth-order valence-electron chi connectivity index (χ4n) is 3.02. The number of nitrogens with one attached hydrogen (secondary N) is 1. The molecule has 1 aromatic carbocycles. The molecule has 1 fully saturated rings. The summed E-state index contributed by atoms with van der Waals surface area (Å²) < 4.78 is 35.9. The Morgan fingerprint density at radius 2 is 2.00 bits per heavy atom. The van der Waals surface area contributed by atoms with Crippen LogP contribution in [0, 0.1) is 0 Å². The van der Waals surface area contributed by atoms with Crippen molar-refractivity contribution in [1.29, 1.82) is 0 Å². The smallest absolute Gasteiger partial charge is 0.238 e. The Bertz CT molecular complexity index is 719. The molecule has 1 saturated heterocycles. The van der Waals surface area contributed by atoms with E-state index in [4.69, 9.17) is 9.47 Å². The van der Waals surface area contributed by atoms with Gasteiger partial charge in [-0.1, -0.05) is 6.07 Å². The maximum Gasteiger partial charge on any atom is 0.238 e. The van der Waals surface area contributed by atoms with Gasteiger partial charge in [0.2, 0.25) is 15.9 Å². The van der Waals surface area contributed by atoms with E-state index in [0.717, 1.165) is 18.2 Å². The number of carbonyl (C=O) groups is 1. The van der Waals surface area contributed by atoms with E-state index in [1.165, 1.54) is 4.31 Å². The van der Waals surface area contributed by atoms with Gasteiger partial charge in [0.1, 0.15) is 6.04 Å². The first kappa shape index (κ1) is 17.0. The van der Waals surface area contributed by atoms with E-state index in [1.54, 1.807) is 0 Å². The van der Waals surface area contributed by atoms with Gasteiger partial charge in [-0.05, 0) is 30.5 Å². The van der Waals surface area contributed by atoms with Crippen molar-refractivity contribution in [3.05, 3.63) is 23.8 Å². The summed E-state index contributed by atoms with van der Waals surface area (Å²) >= 11 is 0. The highest BCUT2D eigenvalue weighted by atomic mass is 32.2. The van der Waals surface area contributed by atoms with Crippen LogP contribution in [0.3, 0.4) is 0 Å². The van der Waals surface area contributed by atoms with Gasteiger partial charge in [-0.3, -0.25) is 4.79 Å². The fourth-order valence-corrected chi connectivity index (χ4v) is 4.15. The lowest BCUT2D eigenvalue weighted by Crippen LogP contribution is -2.45. The maximum absolute atomic E-state index is 12.3. The van der Waals surface area contributed by atoms with Crippen LogP contribution in [0.1, 0.15) is 24.8 Å². The number of benzene rings is 1. The molecule has 2 heterocycles. The number of carbonyl (C=O) groups excluding carboxylic acids is 1. The Morgan fingerprint density at radius 3 is 2.75 bits per heavy atom. The lowest BCUT2D eigenvalue weighted by Gasteiger charge is -2.21. The van der Waals surface area contributed by atoms with Gasteiger partial charge in [-0.15, -0.1) is 0 Å². The van der Waals surface area contributed by atoms with Crippen molar-refractivity contribution in [1.82, 2.24) is 9.62 Å². The lowest BCUT2D eigenvalue weighted by atomic mass is 10.1. The molecule has 1 aromatic rings. The standard InChI is InChI=1S/C16H22N2O5S/c1-24(20,21)18-7-2-4-13(18)16(19)17-11-12-5-6-14-15(10-12)23-9-3-8-22-14/h5-6,10,13H,2-4,7-9,11H2,1H3,(H,17,19)/t13-/m0/s1. The molecule has 8 heteroatoms. The number of hydrogen-bond acceptors (Lipinski definition) is 5. The molecule has 0 aliphatic carbocycles. The van der Waals surface area contributed by atoms with Crippen molar-refractivity contribution in [2.45, 2.75) is 31.8 Å². The number of fused-ring (bicyclic) bond motifs is 1. The summed E-state index contributed by atoms with van der Waals surface area (Å²) in [4.78, 5) is 12.3. The highest BCUT2D eigenvalue weighted by Crippen LogP contribution is 2.30. The Hall–Kier alpha value is -1.80. The molecule has 0 unspecified atom stereocenters. The van der Waals surface area contributed by atoms with Crippen LogP contribution in [0.15, 0.2) is 18.2 Å². The summed E-state index contributed by atoms with van der Waals surface area (Å²) in [5, 5.41) is 2.82. The summed E-state index contributed by atoms with van der Waals surface area (Å²) in [5.41, 5.74) is 0.886. The number of nitrogens with zero attached hydrogens (tertiary/aromatic N) is 1.